The van der Waals surface area contributed by atoms with Gasteiger partial charge in [0, 0.05) is 0 Å². The number of hydrogen-bond acceptors (Lipinski definition) is 0. The predicted octanol–water partition coefficient (Wildman–Crippen LogP) is 6.50. The second kappa shape index (κ2) is 7.99. The van der Waals surface area contributed by atoms with Gasteiger partial charge in [-0.1, -0.05) is 84.9 Å². The molecular formula is C19H30. The summed E-state index contributed by atoms with van der Waals surface area (Å²) >= 11 is 0. The van der Waals surface area contributed by atoms with Crippen molar-refractivity contribution in [3.8, 4) is 0 Å². The summed E-state index contributed by atoms with van der Waals surface area (Å²) < 4.78 is 0. The van der Waals surface area contributed by atoms with Gasteiger partial charge in [-0.15, -0.1) is 0 Å². The van der Waals surface area contributed by atoms with Crippen LogP contribution in [0.5, 0.6) is 0 Å². The van der Waals surface area contributed by atoms with E-state index >= 15 is 0 Å². The largest absolute Gasteiger partial charge is 0.0683 e. The molecule has 0 radical (unpaired) electrons. The first kappa shape index (κ1) is 17.7. The molecule has 0 aliphatic heterocycles. The van der Waals surface area contributed by atoms with Crippen molar-refractivity contribution in [2.45, 2.75) is 60.8 Å². The molecule has 0 spiro atoms. The van der Waals surface area contributed by atoms with Gasteiger partial charge >= 0.3 is 0 Å². The van der Waals surface area contributed by atoms with Crippen LogP contribution in [-0.4, -0.2) is 0 Å². The summed E-state index contributed by atoms with van der Waals surface area (Å²) in [4.78, 5) is 0. The lowest BCUT2D eigenvalue weighted by molar-refractivity contribution is 0.587. The van der Waals surface area contributed by atoms with Crippen molar-refractivity contribution in [3.05, 3.63) is 47.5 Å². The van der Waals surface area contributed by atoms with E-state index in [-0.39, 0.29) is 5.41 Å². The first-order valence-electron chi connectivity index (χ1n) is 7.48. The minimum absolute atomic E-state index is 0.230. The molecule has 0 saturated carbocycles. The Kier molecular flexibility index (Phi) is 7.44. The van der Waals surface area contributed by atoms with Crippen LogP contribution < -0.4 is 0 Å². The molecule has 0 aliphatic carbocycles. The molecule has 0 heteroatoms. The topological polar surface area (TPSA) is 0 Å². The van der Waals surface area contributed by atoms with Crippen molar-refractivity contribution in [3.63, 3.8) is 0 Å². The monoisotopic (exact) mass is 258 g/mol. The highest BCUT2D eigenvalue weighted by atomic mass is 14.2. The minimum Gasteiger partial charge on any atom is -0.0683 e. The number of aryl methyl sites for hydroxylation is 1. The van der Waals surface area contributed by atoms with E-state index in [0.717, 1.165) is 0 Å². The van der Waals surface area contributed by atoms with Crippen LogP contribution in [0.3, 0.4) is 0 Å². The zero-order valence-corrected chi connectivity index (χ0v) is 14.0. The molecule has 0 atom stereocenters. The zero-order valence-electron chi connectivity index (χ0n) is 14.0. The van der Waals surface area contributed by atoms with Crippen LogP contribution in [0.1, 0.15) is 59.6 Å². The molecule has 0 aromatic heterocycles. The van der Waals surface area contributed by atoms with Crippen molar-refractivity contribution in [1.29, 1.82) is 0 Å². The van der Waals surface area contributed by atoms with E-state index in [0.29, 0.717) is 0 Å². The van der Waals surface area contributed by atoms with E-state index in [1.165, 1.54) is 21.9 Å². The van der Waals surface area contributed by atoms with Crippen molar-refractivity contribution < 1.29 is 0 Å². The van der Waals surface area contributed by atoms with E-state index in [2.05, 4.69) is 64.1 Å². The maximum absolute atomic E-state index is 2.32. The summed E-state index contributed by atoms with van der Waals surface area (Å²) in [5.74, 6) is 0. The van der Waals surface area contributed by atoms with Gasteiger partial charge < -0.3 is 0 Å². The smallest absolute Gasteiger partial charge is 0.0129 e. The number of fused-ring (bicyclic) bond motifs is 1. The van der Waals surface area contributed by atoms with Crippen LogP contribution in [0.15, 0.2) is 36.4 Å². The molecule has 0 amide bonds. The summed E-state index contributed by atoms with van der Waals surface area (Å²) in [6, 6.07) is 13.2. The average molecular weight is 258 g/mol. The summed E-state index contributed by atoms with van der Waals surface area (Å²) in [7, 11) is 0. The SMILES string of the molecule is CC.CC.Cc1cc2ccccc2cc1C(C)(C)C. The van der Waals surface area contributed by atoms with E-state index in [1.807, 2.05) is 27.7 Å². The lowest BCUT2D eigenvalue weighted by Crippen LogP contribution is -2.12. The van der Waals surface area contributed by atoms with Gasteiger partial charge in [-0.2, -0.15) is 0 Å². The Balaban J connectivity index is 0.000000741. The Morgan fingerprint density at radius 3 is 1.58 bits per heavy atom. The van der Waals surface area contributed by atoms with E-state index in [9.17, 15) is 0 Å². The maximum atomic E-state index is 2.32. The molecule has 0 unspecified atom stereocenters. The van der Waals surface area contributed by atoms with Crippen molar-refractivity contribution in [1.82, 2.24) is 0 Å². The molecule has 2 rings (SSSR count). The van der Waals surface area contributed by atoms with Gasteiger partial charge in [-0.25, -0.2) is 0 Å². The van der Waals surface area contributed by atoms with Gasteiger partial charge in [0.1, 0.15) is 0 Å². The highest BCUT2D eigenvalue weighted by Gasteiger charge is 2.16. The van der Waals surface area contributed by atoms with E-state index in [4.69, 9.17) is 0 Å². The van der Waals surface area contributed by atoms with Gasteiger partial charge in [0.2, 0.25) is 0 Å². The highest BCUT2D eigenvalue weighted by molar-refractivity contribution is 5.84. The minimum atomic E-state index is 0.230. The quantitative estimate of drug-likeness (QED) is 0.506. The molecule has 19 heavy (non-hydrogen) atoms. The molecule has 0 heterocycles. The fourth-order valence-corrected chi connectivity index (χ4v) is 2.16. The molecule has 106 valence electrons. The number of benzene rings is 2. The van der Waals surface area contributed by atoms with Crippen LogP contribution in [0, 0.1) is 6.92 Å². The number of hydrogen-bond donors (Lipinski definition) is 0. The Morgan fingerprint density at radius 2 is 1.16 bits per heavy atom. The molecule has 2 aromatic carbocycles. The van der Waals surface area contributed by atoms with E-state index < -0.39 is 0 Å². The lowest BCUT2D eigenvalue weighted by atomic mass is 9.83. The van der Waals surface area contributed by atoms with Crippen LogP contribution in [-0.2, 0) is 5.41 Å². The van der Waals surface area contributed by atoms with Gasteiger partial charge in [-0.3, -0.25) is 0 Å². The summed E-state index contributed by atoms with van der Waals surface area (Å²) in [6.07, 6.45) is 0. The first-order valence-corrected chi connectivity index (χ1v) is 7.48. The molecule has 2 aromatic rings. The Labute approximate surface area is 119 Å². The normalized spacial score (nSPS) is 10.1. The van der Waals surface area contributed by atoms with Gasteiger partial charge in [0.15, 0.2) is 0 Å². The Hall–Kier alpha value is -1.30. The standard InChI is InChI=1S/C15H18.2C2H6/c1-11-9-12-7-5-6-8-13(12)10-14(11)15(2,3)4;2*1-2/h5-10H,1-4H3;2*1-2H3. The average Bonchev–Trinajstić information content (AvgIpc) is 2.41. The van der Waals surface area contributed by atoms with Crippen LogP contribution in [0.25, 0.3) is 10.8 Å². The van der Waals surface area contributed by atoms with Gasteiger partial charge in [-0.05, 0) is 34.2 Å². The third-order valence-electron chi connectivity index (χ3n) is 2.90. The second-order valence-electron chi connectivity index (χ2n) is 5.26. The molecule has 0 saturated heterocycles. The molecule has 0 nitrogen and oxygen atoms in total. The first-order chi connectivity index (χ1) is 8.98. The van der Waals surface area contributed by atoms with E-state index in [1.54, 1.807) is 0 Å². The summed E-state index contributed by atoms with van der Waals surface area (Å²) in [6.45, 7) is 17.0. The third-order valence-corrected chi connectivity index (χ3v) is 2.90. The molecular weight excluding hydrogens is 228 g/mol. The van der Waals surface area contributed by atoms with Crippen LogP contribution >= 0.6 is 0 Å². The van der Waals surface area contributed by atoms with Crippen molar-refractivity contribution in [2.24, 2.45) is 0 Å². The highest BCUT2D eigenvalue weighted by Crippen LogP contribution is 2.29. The number of rotatable bonds is 0. The summed E-state index contributed by atoms with van der Waals surface area (Å²) in [5.41, 5.74) is 3.07. The van der Waals surface area contributed by atoms with Crippen LogP contribution in [0.4, 0.5) is 0 Å². The van der Waals surface area contributed by atoms with Crippen molar-refractivity contribution >= 4 is 10.8 Å². The summed E-state index contributed by atoms with van der Waals surface area (Å²) in [5, 5.41) is 2.68. The lowest BCUT2D eigenvalue weighted by Gasteiger charge is -2.22. The van der Waals surface area contributed by atoms with Crippen LogP contribution in [0.2, 0.25) is 0 Å². The van der Waals surface area contributed by atoms with Gasteiger partial charge in [0.05, 0.1) is 0 Å². The Bertz CT molecular complexity index is 487. The molecule has 0 N–H and O–H groups in total. The fraction of sp³-hybridized carbons (Fsp3) is 0.474. The second-order valence-corrected chi connectivity index (χ2v) is 5.26. The zero-order chi connectivity index (χ0) is 15.1. The molecule has 0 aliphatic rings. The Morgan fingerprint density at radius 1 is 0.737 bits per heavy atom. The maximum Gasteiger partial charge on any atom is -0.0129 e. The van der Waals surface area contributed by atoms with Gasteiger partial charge in [0.25, 0.3) is 0 Å². The molecule has 0 fully saturated rings. The molecule has 0 bridgehead atoms. The van der Waals surface area contributed by atoms with Crippen molar-refractivity contribution in [2.75, 3.05) is 0 Å². The fourth-order valence-electron chi connectivity index (χ4n) is 2.16. The predicted molar refractivity (Wildman–Crippen MR) is 90.1 cm³/mol. The third kappa shape index (κ3) is 4.70.